The molecule has 6 nitrogen and oxygen atoms in total. The van der Waals surface area contributed by atoms with Gasteiger partial charge < -0.3 is 10.3 Å². The molecule has 0 aliphatic carbocycles. The molecule has 0 spiro atoms. The minimum atomic E-state index is -0.195. The number of hydrogen-bond acceptors (Lipinski definition) is 3. The third kappa shape index (κ3) is 3.26. The highest BCUT2D eigenvalue weighted by molar-refractivity contribution is 5.92. The van der Waals surface area contributed by atoms with Gasteiger partial charge >= 0.3 is 0 Å². The lowest BCUT2D eigenvalue weighted by molar-refractivity contribution is 0.0948. The summed E-state index contributed by atoms with van der Waals surface area (Å²) in [7, 11) is 0. The summed E-state index contributed by atoms with van der Waals surface area (Å²) >= 11 is 0. The predicted octanol–water partition coefficient (Wildman–Crippen LogP) is 1.52. The number of nitrogens with zero attached hydrogens (tertiary/aromatic N) is 3. The molecule has 0 aromatic carbocycles. The van der Waals surface area contributed by atoms with Crippen LogP contribution in [0.15, 0.2) is 18.3 Å². The van der Waals surface area contributed by atoms with Crippen LogP contribution < -0.4 is 5.32 Å². The van der Waals surface area contributed by atoms with Crippen molar-refractivity contribution in [2.24, 2.45) is 0 Å². The number of H-pyrrole nitrogens is 1. The van der Waals surface area contributed by atoms with E-state index in [1.165, 1.54) is 12.3 Å². The van der Waals surface area contributed by atoms with E-state index < -0.39 is 0 Å². The maximum atomic E-state index is 11.8. The highest BCUT2D eigenvalue weighted by Crippen LogP contribution is 2.03. The van der Waals surface area contributed by atoms with Gasteiger partial charge in [-0.1, -0.05) is 0 Å². The van der Waals surface area contributed by atoms with Crippen LogP contribution in [0.4, 0.5) is 0 Å². The van der Waals surface area contributed by atoms with Gasteiger partial charge in [-0.2, -0.15) is 10.4 Å². The van der Waals surface area contributed by atoms with Crippen molar-refractivity contribution in [2.45, 2.75) is 26.8 Å². The Morgan fingerprint density at radius 2 is 2.30 bits per heavy atom. The molecule has 6 heteroatoms. The van der Waals surface area contributed by atoms with E-state index in [0.29, 0.717) is 17.8 Å². The van der Waals surface area contributed by atoms with Crippen molar-refractivity contribution in [3.8, 4) is 6.07 Å². The first kappa shape index (κ1) is 13.9. The van der Waals surface area contributed by atoms with Crippen LogP contribution in [0.25, 0.3) is 0 Å². The molecule has 0 bridgehead atoms. The molecule has 1 amide bonds. The number of rotatable bonds is 5. The molecule has 20 heavy (non-hydrogen) atoms. The van der Waals surface area contributed by atoms with E-state index in [4.69, 9.17) is 5.26 Å². The van der Waals surface area contributed by atoms with Crippen molar-refractivity contribution in [2.75, 3.05) is 6.54 Å². The van der Waals surface area contributed by atoms with Gasteiger partial charge in [0.15, 0.2) is 0 Å². The number of carbonyl (C=O) groups excluding carboxylic acids is 1. The molecule has 0 radical (unpaired) electrons. The molecular formula is C14H17N5O. The van der Waals surface area contributed by atoms with E-state index >= 15 is 0 Å². The molecule has 2 aromatic heterocycles. The normalized spacial score (nSPS) is 10.2. The Hall–Kier alpha value is -2.55. The first-order valence-electron chi connectivity index (χ1n) is 6.48. The maximum absolute atomic E-state index is 11.8. The number of aromatic amines is 1. The molecule has 0 saturated carbocycles. The van der Waals surface area contributed by atoms with Crippen LogP contribution in [0.5, 0.6) is 0 Å². The molecule has 2 N–H and O–H groups in total. The molecular weight excluding hydrogens is 254 g/mol. The summed E-state index contributed by atoms with van der Waals surface area (Å²) in [6, 6.07) is 5.54. The van der Waals surface area contributed by atoms with Crippen LogP contribution >= 0.6 is 0 Å². The van der Waals surface area contributed by atoms with Crippen LogP contribution in [0, 0.1) is 25.2 Å². The summed E-state index contributed by atoms with van der Waals surface area (Å²) < 4.78 is 1.93. The third-order valence-electron chi connectivity index (χ3n) is 2.99. The van der Waals surface area contributed by atoms with Gasteiger partial charge in [-0.25, -0.2) is 0 Å². The fourth-order valence-electron chi connectivity index (χ4n) is 2.02. The topological polar surface area (TPSA) is 86.5 Å². The van der Waals surface area contributed by atoms with Crippen LogP contribution in [0.3, 0.4) is 0 Å². The fraction of sp³-hybridized carbons (Fsp3) is 0.357. The molecule has 0 aliphatic rings. The zero-order chi connectivity index (χ0) is 14.5. The summed E-state index contributed by atoms with van der Waals surface area (Å²) in [4.78, 5) is 14.6. The van der Waals surface area contributed by atoms with E-state index in [-0.39, 0.29) is 5.91 Å². The number of carbonyl (C=O) groups is 1. The van der Waals surface area contributed by atoms with E-state index in [0.717, 1.165) is 24.4 Å². The summed E-state index contributed by atoms with van der Waals surface area (Å²) in [6.07, 6.45) is 2.32. The van der Waals surface area contributed by atoms with Crippen molar-refractivity contribution in [3.05, 3.63) is 41.0 Å². The van der Waals surface area contributed by atoms with Crippen LogP contribution in [0.1, 0.15) is 33.9 Å². The van der Waals surface area contributed by atoms with Gasteiger partial charge in [-0.15, -0.1) is 0 Å². The Labute approximate surface area is 117 Å². The van der Waals surface area contributed by atoms with E-state index in [9.17, 15) is 4.79 Å². The Bertz CT molecular complexity index is 647. The number of aromatic nitrogens is 3. The standard InChI is InChI=1S/C14H17N5O/c1-10-6-11(2)19(18-10)5-3-4-16-14(20)13-7-12(8-15)9-17-13/h6-7,9,17H,3-5H2,1-2H3,(H,16,20). The second-order valence-electron chi connectivity index (χ2n) is 4.67. The van der Waals surface area contributed by atoms with E-state index in [2.05, 4.69) is 15.4 Å². The quantitative estimate of drug-likeness (QED) is 0.808. The molecule has 0 aliphatic heterocycles. The number of hydrogen-bond donors (Lipinski definition) is 2. The molecule has 0 saturated heterocycles. The predicted molar refractivity (Wildman–Crippen MR) is 74.2 cm³/mol. The highest BCUT2D eigenvalue weighted by Gasteiger charge is 2.07. The Morgan fingerprint density at radius 3 is 2.90 bits per heavy atom. The third-order valence-corrected chi connectivity index (χ3v) is 2.99. The van der Waals surface area contributed by atoms with Crippen molar-refractivity contribution >= 4 is 5.91 Å². The number of nitrogens with one attached hydrogen (secondary N) is 2. The van der Waals surface area contributed by atoms with Crippen molar-refractivity contribution in [3.63, 3.8) is 0 Å². The Morgan fingerprint density at radius 1 is 1.50 bits per heavy atom. The molecule has 2 aromatic rings. The largest absolute Gasteiger partial charge is 0.356 e. The van der Waals surface area contributed by atoms with Gasteiger partial charge in [0.25, 0.3) is 5.91 Å². The smallest absolute Gasteiger partial charge is 0.267 e. The minimum absolute atomic E-state index is 0.195. The zero-order valence-electron chi connectivity index (χ0n) is 11.6. The Kier molecular flexibility index (Phi) is 4.20. The van der Waals surface area contributed by atoms with Crippen LogP contribution in [0.2, 0.25) is 0 Å². The molecule has 104 valence electrons. The molecule has 0 fully saturated rings. The average Bonchev–Trinajstić information content (AvgIpc) is 3.01. The second-order valence-corrected chi connectivity index (χ2v) is 4.67. The second kappa shape index (κ2) is 6.06. The van der Waals surface area contributed by atoms with Gasteiger partial charge in [-0.3, -0.25) is 9.48 Å². The first-order chi connectivity index (χ1) is 9.60. The summed E-state index contributed by atoms with van der Waals surface area (Å²) in [5.41, 5.74) is 2.99. The van der Waals surface area contributed by atoms with E-state index in [1.807, 2.05) is 30.7 Å². The summed E-state index contributed by atoms with van der Waals surface area (Å²) in [5, 5.41) is 15.9. The molecule has 2 heterocycles. The summed E-state index contributed by atoms with van der Waals surface area (Å²) in [5.74, 6) is -0.195. The molecule has 0 unspecified atom stereocenters. The van der Waals surface area contributed by atoms with Gasteiger partial charge in [0.2, 0.25) is 0 Å². The maximum Gasteiger partial charge on any atom is 0.267 e. The fourth-order valence-corrected chi connectivity index (χ4v) is 2.02. The highest BCUT2D eigenvalue weighted by atomic mass is 16.1. The monoisotopic (exact) mass is 271 g/mol. The molecule has 0 atom stereocenters. The first-order valence-corrected chi connectivity index (χ1v) is 6.48. The van der Waals surface area contributed by atoms with Crippen LogP contribution in [-0.2, 0) is 6.54 Å². The number of amides is 1. The Balaban J connectivity index is 1.77. The van der Waals surface area contributed by atoms with Gasteiger partial charge in [0, 0.05) is 25.0 Å². The average molecular weight is 271 g/mol. The van der Waals surface area contributed by atoms with Gasteiger partial charge in [0.1, 0.15) is 11.8 Å². The van der Waals surface area contributed by atoms with Crippen molar-refractivity contribution < 1.29 is 4.79 Å². The van der Waals surface area contributed by atoms with Crippen LogP contribution in [-0.4, -0.2) is 27.2 Å². The van der Waals surface area contributed by atoms with Crippen molar-refractivity contribution in [1.29, 1.82) is 5.26 Å². The lowest BCUT2D eigenvalue weighted by atomic mass is 10.3. The number of aryl methyl sites for hydroxylation is 3. The number of nitriles is 1. The minimum Gasteiger partial charge on any atom is -0.356 e. The lowest BCUT2D eigenvalue weighted by Gasteiger charge is -2.05. The van der Waals surface area contributed by atoms with E-state index in [1.54, 1.807) is 0 Å². The SMILES string of the molecule is Cc1cc(C)n(CCCNC(=O)c2cc(C#N)c[nH]2)n1. The van der Waals surface area contributed by atoms with Gasteiger partial charge in [0.05, 0.1) is 11.3 Å². The zero-order valence-corrected chi connectivity index (χ0v) is 11.6. The summed E-state index contributed by atoms with van der Waals surface area (Å²) in [6.45, 7) is 5.32. The van der Waals surface area contributed by atoms with Crippen molar-refractivity contribution in [1.82, 2.24) is 20.1 Å². The van der Waals surface area contributed by atoms with Gasteiger partial charge in [-0.05, 0) is 32.4 Å². The lowest BCUT2D eigenvalue weighted by Crippen LogP contribution is -2.25. The molecule has 2 rings (SSSR count).